The van der Waals surface area contributed by atoms with Gasteiger partial charge in [0.25, 0.3) is 0 Å². The van der Waals surface area contributed by atoms with Gasteiger partial charge in [-0.05, 0) is 24.1 Å². The topological polar surface area (TPSA) is 49.0 Å². The second-order valence-corrected chi connectivity index (χ2v) is 6.47. The number of benzene rings is 1. The van der Waals surface area contributed by atoms with Crippen LogP contribution >= 0.6 is 11.3 Å². The van der Waals surface area contributed by atoms with Crippen LogP contribution in [0.3, 0.4) is 0 Å². The van der Waals surface area contributed by atoms with E-state index in [0.29, 0.717) is 5.92 Å². The second-order valence-electron chi connectivity index (χ2n) is 5.53. The van der Waals surface area contributed by atoms with Gasteiger partial charge in [0.1, 0.15) is 10.8 Å². The van der Waals surface area contributed by atoms with Gasteiger partial charge in [-0.3, -0.25) is 5.43 Å². The average molecular weight is 320 g/mol. The molecule has 1 aliphatic heterocycles. The van der Waals surface area contributed by atoms with E-state index in [9.17, 15) is 4.39 Å². The number of hydrogen-bond acceptors (Lipinski definition) is 5. The highest BCUT2D eigenvalue weighted by atomic mass is 32.1. The monoisotopic (exact) mass is 320 g/mol. The zero-order valence-electron chi connectivity index (χ0n) is 12.6. The number of nitrogens with zero attached hydrogens (tertiary/aromatic N) is 1. The Morgan fingerprint density at radius 3 is 2.91 bits per heavy atom. The van der Waals surface area contributed by atoms with Crippen LogP contribution in [0.15, 0.2) is 29.6 Å². The van der Waals surface area contributed by atoms with Crippen molar-refractivity contribution in [3.63, 3.8) is 0 Å². The highest BCUT2D eigenvalue weighted by Gasteiger charge is 2.27. The Hall–Kier alpha value is -1.34. The summed E-state index contributed by atoms with van der Waals surface area (Å²) in [4.78, 5) is 4.56. The Kier molecular flexibility index (Phi) is 5.15. The Morgan fingerprint density at radius 2 is 2.18 bits per heavy atom. The summed E-state index contributed by atoms with van der Waals surface area (Å²) in [7, 11) is 0. The van der Waals surface area contributed by atoms with E-state index >= 15 is 0 Å². The van der Waals surface area contributed by atoms with Gasteiger partial charge in [-0.2, -0.15) is 0 Å². The summed E-state index contributed by atoms with van der Waals surface area (Å²) in [5, 5.41) is 6.74. The molecular formula is C16H21FN4S. The smallest absolute Gasteiger partial charge is 0.123 e. The highest BCUT2D eigenvalue weighted by molar-refractivity contribution is 7.09. The number of thiazole rings is 1. The lowest BCUT2D eigenvalue weighted by molar-refractivity contribution is 0.441. The minimum Gasteiger partial charge on any atom is -0.310 e. The van der Waals surface area contributed by atoms with Gasteiger partial charge in [0.2, 0.25) is 0 Å². The largest absolute Gasteiger partial charge is 0.310 e. The number of aromatic nitrogens is 1. The molecule has 1 fully saturated rings. The van der Waals surface area contributed by atoms with Crippen molar-refractivity contribution in [2.24, 2.45) is 5.92 Å². The van der Waals surface area contributed by atoms with Crippen LogP contribution < -0.4 is 16.2 Å². The zero-order valence-corrected chi connectivity index (χ0v) is 13.4. The van der Waals surface area contributed by atoms with Gasteiger partial charge in [-0.1, -0.05) is 19.1 Å². The summed E-state index contributed by atoms with van der Waals surface area (Å²) in [6.45, 7) is 4.71. The second kappa shape index (κ2) is 7.28. The van der Waals surface area contributed by atoms with Gasteiger partial charge in [0, 0.05) is 30.9 Å². The van der Waals surface area contributed by atoms with Crippen molar-refractivity contribution in [2.75, 3.05) is 13.1 Å². The van der Waals surface area contributed by atoms with Gasteiger partial charge < -0.3 is 5.32 Å². The van der Waals surface area contributed by atoms with E-state index in [-0.39, 0.29) is 11.9 Å². The van der Waals surface area contributed by atoms with Crippen LogP contribution in [0, 0.1) is 11.7 Å². The van der Waals surface area contributed by atoms with Gasteiger partial charge >= 0.3 is 0 Å². The molecule has 1 aromatic carbocycles. The van der Waals surface area contributed by atoms with Gasteiger partial charge in [0.15, 0.2) is 0 Å². The standard InChI is InChI=1S/C16H21FN4S/c1-2-14-10-22-15(20-14)9-18-7-12-8-19-21-16(12)11-3-5-13(17)6-4-11/h3-6,10,12,16,18-19,21H,2,7-9H2,1H3. The highest BCUT2D eigenvalue weighted by Crippen LogP contribution is 2.24. The number of nitrogens with one attached hydrogen (secondary N) is 3. The molecule has 1 aliphatic rings. The van der Waals surface area contributed by atoms with Crippen molar-refractivity contribution in [3.8, 4) is 0 Å². The lowest BCUT2D eigenvalue weighted by Gasteiger charge is -2.19. The molecule has 0 radical (unpaired) electrons. The Labute approximate surface area is 134 Å². The zero-order chi connectivity index (χ0) is 15.4. The number of halogens is 1. The normalized spacial score (nSPS) is 21.4. The van der Waals surface area contributed by atoms with E-state index in [4.69, 9.17) is 0 Å². The third-order valence-corrected chi connectivity index (χ3v) is 4.86. The van der Waals surface area contributed by atoms with Crippen LogP contribution in [-0.2, 0) is 13.0 Å². The quantitative estimate of drug-likeness (QED) is 0.765. The van der Waals surface area contributed by atoms with Crippen LogP contribution in [0.1, 0.15) is 29.2 Å². The summed E-state index contributed by atoms with van der Waals surface area (Å²) in [5.74, 6) is 0.232. The van der Waals surface area contributed by atoms with Crippen molar-refractivity contribution in [1.82, 2.24) is 21.2 Å². The maximum absolute atomic E-state index is 13.0. The predicted octanol–water partition coefficient (Wildman–Crippen LogP) is 2.40. The van der Waals surface area contributed by atoms with E-state index in [0.717, 1.165) is 42.3 Å². The van der Waals surface area contributed by atoms with Crippen LogP contribution in [0.5, 0.6) is 0 Å². The molecular weight excluding hydrogens is 299 g/mol. The SMILES string of the molecule is CCc1csc(CNCC2CNNC2c2ccc(F)cc2)n1. The lowest BCUT2D eigenvalue weighted by atomic mass is 9.95. The Bertz CT molecular complexity index is 598. The minimum absolute atomic E-state index is 0.195. The number of aryl methyl sites for hydroxylation is 1. The molecule has 22 heavy (non-hydrogen) atoms. The molecule has 0 bridgehead atoms. The summed E-state index contributed by atoms with van der Waals surface area (Å²) < 4.78 is 13.0. The fourth-order valence-corrected chi connectivity index (χ4v) is 3.56. The van der Waals surface area contributed by atoms with E-state index < -0.39 is 0 Å². The van der Waals surface area contributed by atoms with Gasteiger partial charge in [0.05, 0.1) is 11.7 Å². The van der Waals surface area contributed by atoms with Crippen molar-refractivity contribution in [3.05, 3.63) is 51.7 Å². The summed E-state index contributed by atoms with van der Waals surface area (Å²) in [6, 6.07) is 6.93. The van der Waals surface area contributed by atoms with Crippen molar-refractivity contribution < 1.29 is 4.39 Å². The molecule has 0 aliphatic carbocycles. The third kappa shape index (κ3) is 3.70. The molecule has 2 aromatic rings. The molecule has 2 unspecified atom stereocenters. The molecule has 4 nitrogen and oxygen atoms in total. The number of hydrazine groups is 1. The third-order valence-electron chi connectivity index (χ3n) is 3.97. The molecule has 0 spiro atoms. The molecule has 2 heterocycles. The minimum atomic E-state index is -0.195. The van der Waals surface area contributed by atoms with Gasteiger partial charge in [-0.25, -0.2) is 14.8 Å². The maximum Gasteiger partial charge on any atom is 0.123 e. The van der Waals surface area contributed by atoms with Crippen molar-refractivity contribution in [2.45, 2.75) is 25.9 Å². The molecule has 0 saturated carbocycles. The first-order valence-electron chi connectivity index (χ1n) is 7.64. The fraction of sp³-hybridized carbons (Fsp3) is 0.438. The van der Waals surface area contributed by atoms with Crippen LogP contribution in [0.25, 0.3) is 0 Å². The first-order valence-corrected chi connectivity index (χ1v) is 8.52. The first-order chi connectivity index (χ1) is 10.8. The predicted molar refractivity (Wildman–Crippen MR) is 87.0 cm³/mol. The van der Waals surface area contributed by atoms with Gasteiger partial charge in [-0.15, -0.1) is 11.3 Å². The average Bonchev–Trinajstić information content (AvgIpc) is 3.17. The van der Waals surface area contributed by atoms with Crippen LogP contribution in [-0.4, -0.2) is 18.1 Å². The molecule has 3 rings (SSSR count). The molecule has 118 valence electrons. The summed E-state index contributed by atoms with van der Waals surface area (Å²) in [5.41, 5.74) is 8.75. The van der Waals surface area contributed by atoms with Crippen molar-refractivity contribution in [1.29, 1.82) is 0 Å². The molecule has 1 aromatic heterocycles. The lowest BCUT2D eigenvalue weighted by Crippen LogP contribution is -2.28. The number of rotatable bonds is 6. The van der Waals surface area contributed by atoms with E-state index in [2.05, 4.69) is 33.5 Å². The molecule has 3 N–H and O–H groups in total. The van der Waals surface area contributed by atoms with E-state index in [1.807, 2.05) is 12.1 Å². The summed E-state index contributed by atoms with van der Waals surface area (Å²) in [6.07, 6.45) is 0.986. The van der Waals surface area contributed by atoms with E-state index in [1.54, 1.807) is 11.3 Å². The van der Waals surface area contributed by atoms with Crippen molar-refractivity contribution >= 4 is 11.3 Å². The molecule has 6 heteroatoms. The van der Waals surface area contributed by atoms with Crippen LogP contribution in [0.4, 0.5) is 4.39 Å². The van der Waals surface area contributed by atoms with E-state index in [1.165, 1.54) is 12.1 Å². The fourth-order valence-electron chi connectivity index (χ4n) is 2.71. The maximum atomic E-state index is 13.0. The Balaban J connectivity index is 1.53. The Morgan fingerprint density at radius 1 is 1.36 bits per heavy atom. The van der Waals surface area contributed by atoms with Crippen LogP contribution in [0.2, 0.25) is 0 Å². The molecule has 1 saturated heterocycles. The molecule has 0 amide bonds. The molecule has 2 atom stereocenters. The summed E-state index contributed by atoms with van der Waals surface area (Å²) >= 11 is 1.71. The first kappa shape index (κ1) is 15.6. The number of hydrogen-bond donors (Lipinski definition) is 3.